The van der Waals surface area contributed by atoms with Crippen LogP contribution in [0, 0.1) is 0 Å². The monoisotopic (exact) mass is 366 g/mol. The highest BCUT2D eigenvalue weighted by molar-refractivity contribution is 6.13. The predicted molar refractivity (Wildman–Crippen MR) is 109 cm³/mol. The van der Waals surface area contributed by atoms with Crippen LogP contribution in [-0.4, -0.2) is 16.0 Å². The van der Waals surface area contributed by atoms with Gasteiger partial charge in [-0.3, -0.25) is 4.79 Å². The van der Waals surface area contributed by atoms with E-state index in [2.05, 4.69) is 0 Å². The predicted octanol–water partition coefficient (Wildman–Crippen LogP) is 4.57. The summed E-state index contributed by atoms with van der Waals surface area (Å²) in [7, 11) is 0. The SMILES string of the molecule is O=C1c2ccccc2C(O)(Cc2cc(O)c3ccccc3c2)c2ccccc21. The quantitative estimate of drug-likeness (QED) is 0.546. The summed E-state index contributed by atoms with van der Waals surface area (Å²) in [5.41, 5.74) is 1.70. The number of hydrogen-bond donors (Lipinski definition) is 2. The molecule has 0 saturated carbocycles. The number of hydrogen-bond acceptors (Lipinski definition) is 3. The molecule has 0 aromatic heterocycles. The average Bonchev–Trinajstić information content (AvgIpc) is 2.72. The van der Waals surface area contributed by atoms with Crippen LogP contribution in [0.2, 0.25) is 0 Å². The number of aliphatic hydroxyl groups is 1. The first kappa shape index (κ1) is 16.7. The summed E-state index contributed by atoms with van der Waals surface area (Å²) < 4.78 is 0. The van der Waals surface area contributed by atoms with E-state index in [1.807, 2.05) is 66.7 Å². The summed E-state index contributed by atoms with van der Waals surface area (Å²) >= 11 is 0. The van der Waals surface area contributed by atoms with Gasteiger partial charge >= 0.3 is 0 Å². The van der Waals surface area contributed by atoms with Crippen LogP contribution in [0.15, 0.2) is 84.9 Å². The molecule has 5 rings (SSSR count). The molecule has 1 aliphatic rings. The topological polar surface area (TPSA) is 57.5 Å². The van der Waals surface area contributed by atoms with Crippen LogP contribution in [0.5, 0.6) is 5.75 Å². The zero-order chi connectivity index (χ0) is 19.3. The molecule has 0 heterocycles. The maximum Gasteiger partial charge on any atom is 0.193 e. The standard InChI is InChI=1S/C25H18O3/c26-23-14-16(13-17-7-1-2-8-18(17)23)15-25(28)21-11-5-3-9-19(21)24(27)20-10-4-6-12-22(20)25/h1-14,26,28H,15H2. The fourth-order valence-electron chi connectivity index (χ4n) is 4.31. The van der Waals surface area contributed by atoms with Crippen molar-refractivity contribution in [2.45, 2.75) is 12.0 Å². The van der Waals surface area contributed by atoms with Crippen molar-refractivity contribution in [1.29, 1.82) is 0 Å². The zero-order valence-electron chi connectivity index (χ0n) is 15.1. The number of rotatable bonds is 2. The molecule has 4 aromatic carbocycles. The highest BCUT2D eigenvalue weighted by Gasteiger charge is 2.42. The van der Waals surface area contributed by atoms with Crippen LogP contribution in [-0.2, 0) is 12.0 Å². The summed E-state index contributed by atoms with van der Waals surface area (Å²) in [4.78, 5) is 12.9. The molecular formula is C25H18O3. The van der Waals surface area contributed by atoms with Crippen molar-refractivity contribution in [3.05, 3.63) is 113 Å². The van der Waals surface area contributed by atoms with E-state index in [1.54, 1.807) is 18.2 Å². The smallest absolute Gasteiger partial charge is 0.193 e. The summed E-state index contributed by atoms with van der Waals surface area (Å²) in [6.07, 6.45) is 0.257. The Bertz CT molecular complexity index is 1190. The van der Waals surface area contributed by atoms with Gasteiger partial charge in [-0.1, -0.05) is 78.9 Å². The summed E-state index contributed by atoms with van der Waals surface area (Å²) in [5, 5.41) is 24.0. The number of ketones is 1. The third-order valence-electron chi connectivity index (χ3n) is 5.59. The van der Waals surface area contributed by atoms with Crippen molar-refractivity contribution in [1.82, 2.24) is 0 Å². The number of phenolic OH excluding ortho intramolecular Hbond substituents is 1. The van der Waals surface area contributed by atoms with Crippen LogP contribution in [0.25, 0.3) is 10.8 Å². The lowest BCUT2D eigenvalue weighted by Crippen LogP contribution is -2.37. The lowest BCUT2D eigenvalue weighted by molar-refractivity contribution is 0.0721. The zero-order valence-corrected chi connectivity index (χ0v) is 15.1. The number of carbonyl (C=O) groups excluding carboxylic acids is 1. The van der Waals surface area contributed by atoms with Crippen LogP contribution in [0.1, 0.15) is 32.6 Å². The van der Waals surface area contributed by atoms with E-state index in [9.17, 15) is 15.0 Å². The number of phenols is 1. The van der Waals surface area contributed by atoms with E-state index in [4.69, 9.17) is 0 Å². The molecule has 0 aliphatic heterocycles. The normalized spacial score (nSPS) is 14.5. The number of benzene rings is 4. The van der Waals surface area contributed by atoms with Gasteiger partial charge in [0.05, 0.1) is 0 Å². The van der Waals surface area contributed by atoms with Crippen LogP contribution in [0.4, 0.5) is 0 Å². The lowest BCUT2D eigenvalue weighted by Gasteiger charge is -2.36. The molecule has 0 unspecified atom stereocenters. The Balaban J connectivity index is 1.72. The van der Waals surface area contributed by atoms with Gasteiger partial charge in [-0.25, -0.2) is 0 Å². The van der Waals surface area contributed by atoms with Crippen molar-refractivity contribution in [2.24, 2.45) is 0 Å². The van der Waals surface area contributed by atoms with E-state index >= 15 is 0 Å². The fourth-order valence-corrected chi connectivity index (χ4v) is 4.31. The third-order valence-corrected chi connectivity index (χ3v) is 5.59. The Hall–Kier alpha value is -3.43. The molecule has 0 atom stereocenters. The van der Waals surface area contributed by atoms with E-state index in [0.717, 1.165) is 16.3 Å². The Morgan fingerprint density at radius 2 is 1.32 bits per heavy atom. The first-order valence-electron chi connectivity index (χ1n) is 9.25. The third kappa shape index (κ3) is 2.37. The molecular weight excluding hydrogens is 348 g/mol. The van der Waals surface area contributed by atoms with Gasteiger partial charge in [0.15, 0.2) is 5.78 Å². The lowest BCUT2D eigenvalue weighted by atomic mass is 9.71. The summed E-state index contributed by atoms with van der Waals surface area (Å²) in [6, 6.07) is 25.7. The number of fused-ring (bicyclic) bond motifs is 3. The fraction of sp³-hybridized carbons (Fsp3) is 0.0800. The molecule has 0 fully saturated rings. The van der Waals surface area contributed by atoms with Gasteiger partial charge in [0.25, 0.3) is 0 Å². The molecule has 4 aromatic rings. The molecule has 3 heteroatoms. The second kappa shape index (κ2) is 6.04. The number of carbonyl (C=O) groups is 1. The average molecular weight is 366 g/mol. The van der Waals surface area contributed by atoms with E-state index in [0.29, 0.717) is 22.3 Å². The summed E-state index contributed by atoms with van der Waals surface area (Å²) in [6.45, 7) is 0. The first-order chi connectivity index (χ1) is 13.6. The number of aromatic hydroxyl groups is 1. The molecule has 0 saturated heterocycles. The molecule has 136 valence electrons. The molecule has 2 N–H and O–H groups in total. The molecule has 28 heavy (non-hydrogen) atoms. The van der Waals surface area contributed by atoms with Gasteiger partial charge in [-0.05, 0) is 28.1 Å². The van der Waals surface area contributed by atoms with E-state index < -0.39 is 5.60 Å². The van der Waals surface area contributed by atoms with Crippen molar-refractivity contribution >= 4 is 16.6 Å². The van der Waals surface area contributed by atoms with Gasteiger partial charge in [0, 0.05) is 22.9 Å². The molecule has 0 radical (unpaired) electrons. The minimum atomic E-state index is -1.35. The Morgan fingerprint density at radius 1 is 0.750 bits per heavy atom. The molecule has 0 amide bonds. The first-order valence-corrected chi connectivity index (χ1v) is 9.25. The van der Waals surface area contributed by atoms with Gasteiger partial charge in [0.1, 0.15) is 11.4 Å². The second-order valence-electron chi connectivity index (χ2n) is 7.29. The minimum absolute atomic E-state index is 0.0720. The minimum Gasteiger partial charge on any atom is -0.507 e. The van der Waals surface area contributed by atoms with Crippen molar-refractivity contribution in [3.63, 3.8) is 0 Å². The Kier molecular flexibility index (Phi) is 3.61. The van der Waals surface area contributed by atoms with E-state index in [-0.39, 0.29) is 18.0 Å². The van der Waals surface area contributed by atoms with Gasteiger partial charge in [-0.15, -0.1) is 0 Å². The molecule has 0 bridgehead atoms. The van der Waals surface area contributed by atoms with Crippen LogP contribution < -0.4 is 0 Å². The van der Waals surface area contributed by atoms with Gasteiger partial charge in [-0.2, -0.15) is 0 Å². The Labute approximate surface area is 162 Å². The van der Waals surface area contributed by atoms with E-state index in [1.165, 1.54) is 0 Å². The largest absolute Gasteiger partial charge is 0.507 e. The van der Waals surface area contributed by atoms with Crippen molar-refractivity contribution in [2.75, 3.05) is 0 Å². The molecule has 0 spiro atoms. The molecule has 3 nitrogen and oxygen atoms in total. The van der Waals surface area contributed by atoms with Crippen LogP contribution >= 0.6 is 0 Å². The van der Waals surface area contributed by atoms with Crippen LogP contribution in [0.3, 0.4) is 0 Å². The highest BCUT2D eigenvalue weighted by Crippen LogP contribution is 2.42. The summed E-state index contributed by atoms with van der Waals surface area (Å²) in [5.74, 6) is 0.113. The molecule has 1 aliphatic carbocycles. The maximum atomic E-state index is 12.9. The van der Waals surface area contributed by atoms with Gasteiger partial charge < -0.3 is 10.2 Å². The van der Waals surface area contributed by atoms with Crippen molar-refractivity contribution in [3.8, 4) is 5.75 Å². The van der Waals surface area contributed by atoms with Gasteiger partial charge in [0.2, 0.25) is 0 Å². The highest BCUT2D eigenvalue weighted by atomic mass is 16.3. The Morgan fingerprint density at radius 3 is 2.00 bits per heavy atom. The second-order valence-corrected chi connectivity index (χ2v) is 7.29. The van der Waals surface area contributed by atoms with Crippen molar-refractivity contribution < 1.29 is 15.0 Å². The maximum absolute atomic E-state index is 12.9.